The molecule has 1 aromatic heterocycles. The third kappa shape index (κ3) is 5.30. The quantitative estimate of drug-likeness (QED) is 0.682. The van der Waals surface area contributed by atoms with Gasteiger partial charge in [-0.1, -0.05) is 0 Å². The van der Waals surface area contributed by atoms with Crippen molar-refractivity contribution < 1.29 is 19.0 Å². The van der Waals surface area contributed by atoms with E-state index in [2.05, 4.69) is 15.3 Å². The molecule has 29 heavy (non-hydrogen) atoms. The summed E-state index contributed by atoms with van der Waals surface area (Å²) >= 11 is 0. The number of nitrogens with zero attached hydrogens (tertiary/aromatic N) is 2. The SMILES string of the molecule is O=C(Nc1ccc(Oc2cnccn2)cc1)c1ccc(OC2CCOCC2)cc1. The van der Waals surface area contributed by atoms with Crippen molar-refractivity contribution in [1.82, 2.24) is 9.97 Å². The second-order valence-corrected chi connectivity index (χ2v) is 6.58. The predicted molar refractivity (Wildman–Crippen MR) is 107 cm³/mol. The average Bonchev–Trinajstić information content (AvgIpc) is 2.77. The minimum Gasteiger partial charge on any atom is -0.490 e. The highest BCUT2D eigenvalue weighted by Gasteiger charge is 2.15. The number of nitrogens with one attached hydrogen (secondary N) is 1. The first-order valence-corrected chi connectivity index (χ1v) is 9.46. The van der Waals surface area contributed by atoms with Gasteiger partial charge in [-0.25, -0.2) is 4.98 Å². The van der Waals surface area contributed by atoms with E-state index in [4.69, 9.17) is 14.2 Å². The van der Waals surface area contributed by atoms with Crippen molar-refractivity contribution in [2.45, 2.75) is 18.9 Å². The standard InChI is InChI=1S/C22H21N3O4/c26-22(16-1-5-18(6-2-16)28-20-9-13-27-14-10-20)25-17-3-7-19(8-4-17)29-21-15-23-11-12-24-21/h1-8,11-12,15,20H,9-10,13-14H2,(H,25,26). The third-order valence-electron chi connectivity index (χ3n) is 4.46. The van der Waals surface area contributed by atoms with E-state index in [0.29, 0.717) is 22.9 Å². The van der Waals surface area contributed by atoms with Crippen molar-refractivity contribution in [2.75, 3.05) is 18.5 Å². The highest BCUT2D eigenvalue weighted by Crippen LogP contribution is 2.22. The number of anilines is 1. The molecule has 4 rings (SSSR count). The van der Waals surface area contributed by atoms with Crippen molar-refractivity contribution >= 4 is 11.6 Å². The Morgan fingerprint density at radius 1 is 0.966 bits per heavy atom. The number of amides is 1. The Morgan fingerprint density at radius 3 is 2.38 bits per heavy atom. The molecule has 2 heterocycles. The number of benzene rings is 2. The molecule has 1 fully saturated rings. The Labute approximate surface area is 168 Å². The Bertz CT molecular complexity index is 925. The van der Waals surface area contributed by atoms with Crippen LogP contribution < -0.4 is 14.8 Å². The minimum atomic E-state index is -0.190. The number of rotatable bonds is 6. The highest BCUT2D eigenvalue weighted by atomic mass is 16.5. The number of aromatic nitrogens is 2. The molecular formula is C22H21N3O4. The summed E-state index contributed by atoms with van der Waals surface area (Å²) in [5, 5.41) is 2.87. The van der Waals surface area contributed by atoms with Gasteiger partial charge in [-0.05, 0) is 48.5 Å². The van der Waals surface area contributed by atoms with Gasteiger partial charge in [0.2, 0.25) is 5.88 Å². The lowest BCUT2D eigenvalue weighted by atomic mass is 10.1. The molecule has 7 nitrogen and oxygen atoms in total. The number of hydrogen-bond acceptors (Lipinski definition) is 6. The Balaban J connectivity index is 1.32. The van der Waals surface area contributed by atoms with Crippen LogP contribution in [0.1, 0.15) is 23.2 Å². The second kappa shape index (κ2) is 9.16. The van der Waals surface area contributed by atoms with Gasteiger partial charge >= 0.3 is 0 Å². The lowest BCUT2D eigenvalue weighted by Gasteiger charge is -2.23. The van der Waals surface area contributed by atoms with Gasteiger partial charge in [0, 0.05) is 36.5 Å². The van der Waals surface area contributed by atoms with Crippen LogP contribution in [0, 0.1) is 0 Å². The number of ether oxygens (including phenoxy) is 3. The van der Waals surface area contributed by atoms with Gasteiger partial charge < -0.3 is 19.5 Å². The van der Waals surface area contributed by atoms with E-state index in [1.807, 2.05) is 12.1 Å². The van der Waals surface area contributed by atoms with E-state index in [0.717, 1.165) is 31.8 Å². The first kappa shape index (κ1) is 18.9. The molecule has 0 saturated carbocycles. The number of carbonyl (C=O) groups excluding carboxylic acids is 1. The molecule has 1 saturated heterocycles. The maximum absolute atomic E-state index is 12.5. The normalized spacial score (nSPS) is 14.2. The van der Waals surface area contributed by atoms with Gasteiger partial charge in [0.15, 0.2) is 0 Å². The number of carbonyl (C=O) groups is 1. The fraction of sp³-hybridized carbons (Fsp3) is 0.227. The second-order valence-electron chi connectivity index (χ2n) is 6.58. The van der Waals surface area contributed by atoms with Crippen LogP contribution in [0.15, 0.2) is 67.1 Å². The Morgan fingerprint density at radius 2 is 1.69 bits per heavy atom. The maximum atomic E-state index is 12.5. The topological polar surface area (TPSA) is 82.6 Å². The van der Waals surface area contributed by atoms with E-state index in [1.165, 1.54) is 6.20 Å². The minimum absolute atomic E-state index is 0.172. The highest BCUT2D eigenvalue weighted by molar-refractivity contribution is 6.04. The molecule has 2 aromatic carbocycles. The van der Waals surface area contributed by atoms with Gasteiger partial charge in [-0.15, -0.1) is 0 Å². The van der Waals surface area contributed by atoms with Crippen LogP contribution in [0.4, 0.5) is 5.69 Å². The molecule has 0 bridgehead atoms. The summed E-state index contributed by atoms with van der Waals surface area (Å²) in [6.07, 6.45) is 6.62. The molecule has 7 heteroatoms. The summed E-state index contributed by atoms with van der Waals surface area (Å²) in [4.78, 5) is 20.5. The summed E-state index contributed by atoms with van der Waals surface area (Å²) in [7, 11) is 0. The molecule has 0 unspecified atom stereocenters. The summed E-state index contributed by atoms with van der Waals surface area (Å²) < 4.78 is 16.9. The van der Waals surface area contributed by atoms with E-state index in [-0.39, 0.29) is 12.0 Å². The van der Waals surface area contributed by atoms with Crippen LogP contribution in [0.2, 0.25) is 0 Å². The summed E-state index contributed by atoms with van der Waals surface area (Å²) in [6.45, 7) is 1.46. The predicted octanol–water partition coefficient (Wildman–Crippen LogP) is 4.08. The molecule has 148 valence electrons. The van der Waals surface area contributed by atoms with E-state index in [1.54, 1.807) is 48.8 Å². The van der Waals surface area contributed by atoms with Crippen LogP contribution in [-0.4, -0.2) is 35.2 Å². The fourth-order valence-corrected chi connectivity index (χ4v) is 2.94. The Kier molecular flexibility index (Phi) is 5.97. The largest absolute Gasteiger partial charge is 0.490 e. The zero-order valence-corrected chi connectivity index (χ0v) is 15.8. The van der Waals surface area contributed by atoms with Crippen molar-refractivity contribution in [3.05, 3.63) is 72.7 Å². The number of hydrogen-bond donors (Lipinski definition) is 1. The van der Waals surface area contributed by atoms with Gasteiger partial charge in [0.25, 0.3) is 5.91 Å². The van der Waals surface area contributed by atoms with Gasteiger partial charge in [0.1, 0.15) is 17.6 Å². The summed E-state index contributed by atoms with van der Waals surface area (Å²) in [6, 6.07) is 14.2. The lowest BCUT2D eigenvalue weighted by Crippen LogP contribution is -2.25. The van der Waals surface area contributed by atoms with Crippen LogP contribution in [0.5, 0.6) is 17.4 Å². The van der Waals surface area contributed by atoms with Gasteiger partial charge in [0.05, 0.1) is 19.4 Å². The molecule has 1 aliphatic rings. The fourth-order valence-electron chi connectivity index (χ4n) is 2.94. The first-order chi connectivity index (χ1) is 14.3. The molecule has 1 amide bonds. The zero-order valence-electron chi connectivity index (χ0n) is 15.8. The van der Waals surface area contributed by atoms with E-state index >= 15 is 0 Å². The molecule has 0 aliphatic carbocycles. The van der Waals surface area contributed by atoms with Crippen LogP contribution >= 0.6 is 0 Å². The Hall–Kier alpha value is -3.45. The van der Waals surface area contributed by atoms with Crippen molar-refractivity contribution in [3.8, 4) is 17.4 Å². The molecule has 0 radical (unpaired) electrons. The molecule has 0 spiro atoms. The summed E-state index contributed by atoms with van der Waals surface area (Å²) in [5.41, 5.74) is 1.23. The van der Waals surface area contributed by atoms with E-state index in [9.17, 15) is 4.79 Å². The molecule has 1 aliphatic heterocycles. The average molecular weight is 391 g/mol. The van der Waals surface area contributed by atoms with Crippen LogP contribution in [0.25, 0.3) is 0 Å². The first-order valence-electron chi connectivity index (χ1n) is 9.46. The molecular weight excluding hydrogens is 370 g/mol. The lowest BCUT2D eigenvalue weighted by molar-refractivity contribution is 0.0256. The van der Waals surface area contributed by atoms with Crippen molar-refractivity contribution in [3.63, 3.8) is 0 Å². The maximum Gasteiger partial charge on any atom is 0.255 e. The van der Waals surface area contributed by atoms with Gasteiger partial charge in [-0.2, -0.15) is 0 Å². The molecule has 1 N–H and O–H groups in total. The van der Waals surface area contributed by atoms with E-state index < -0.39 is 0 Å². The smallest absolute Gasteiger partial charge is 0.255 e. The van der Waals surface area contributed by atoms with Gasteiger partial charge in [-0.3, -0.25) is 9.78 Å². The monoisotopic (exact) mass is 391 g/mol. The van der Waals surface area contributed by atoms with Crippen molar-refractivity contribution in [2.24, 2.45) is 0 Å². The summed E-state index contributed by atoms with van der Waals surface area (Å²) in [5.74, 6) is 1.59. The van der Waals surface area contributed by atoms with Crippen LogP contribution in [0.3, 0.4) is 0 Å². The molecule has 3 aromatic rings. The zero-order chi connectivity index (χ0) is 19.9. The molecule has 0 atom stereocenters. The van der Waals surface area contributed by atoms with Crippen molar-refractivity contribution in [1.29, 1.82) is 0 Å². The van der Waals surface area contributed by atoms with Crippen LogP contribution in [-0.2, 0) is 4.74 Å². The third-order valence-corrected chi connectivity index (χ3v) is 4.46.